The van der Waals surface area contributed by atoms with Crippen molar-refractivity contribution in [1.29, 1.82) is 0 Å². The number of carbonyl (C=O) groups excluding carboxylic acids is 1. The number of hydrogen-bond donors (Lipinski definition) is 1. The first-order valence-corrected chi connectivity index (χ1v) is 8.82. The molecule has 0 aromatic heterocycles. The molecule has 0 saturated carbocycles. The van der Waals surface area contributed by atoms with Gasteiger partial charge in [0.05, 0.1) is 5.56 Å². The van der Waals surface area contributed by atoms with Crippen LogP contribution in [0.3, 0.4) is 0 Å². The number of aromatic hydroxyl groups is 1. The topological polar surface area (TPSA) is 46.5 Å². The minimum Gasteiger partial charge on any atom is -0.507 e. The van der Waals surface area contributed by atoms with Crippen molar-refractivity contribution in [2.45, 2.75) is 46.0 Å². The Bertz CT molecular complexity index is 846. The smallest absolute Gasteiger partial charge is 0.344 e. The summed E-state index contributed by atoms with van der Waals surface area (Å²) in [5.41, 5.74) is 4.22. The van der Waals surface area contributed by atoms with Gasteiger partial charge in [-0.25, -0.2) is 4.79 Å². The molecule has 1 aliphatic heterocycles. The van der Waals surface area contributed by atoms with Crippen molar-refractivity contribution in [3.8, 4) is 5.75 Å². The van der Waals surface area contributed by atoms with Crippen molar-refractivity contribution in [2.75, 3.05) is 0 Å². The first-order chi connectivity index (χ1) is 11.9. The summed E-state index contributed by atoms with van der Waals surface area (Å²) in [4.78, 5) is 12.0. The predicted octanol–water partition coefficient (Wildman–Crippen LogP) is 5.70. The summed E-state index contributed by atoms with van der Waals surface area (Å²) in [6.45, 7) is 8.36. The third kappa shape index (κ3) is 3.19. The van der Waals surface area contributed by atoms with Gasteiger partial charge in [0.2, 0.25) is 0 Å². The molecule has 1 heterocycles. The van der Waals surface area contributed by atoms with Crippen molar-refractivity contribution in [3.05, 3.63) is 64.2 Å². The molecule has 0 radical (unpaired) electrons. The third-order valence-corrected chi connectivity index (χ3v) is 4.87. The molecule has 2 aromatic rings. The van der Waals surface area contributed by atoms with E-state index in [4.69, 9.17) is 4.74 Å². The second kappa shape index (κ2) is 6.75. The Labute approximate surface area is 149 Å². The van der Waals surface area contributed by atoms with E-state index in [9.17, 15) is 9.90 Å². The highest BCUT2D eigenvalue weighted by molar-refractivity contribution is 6.05. The molecule has 1 atom stereocenters. The lowest BCUT2D eigenvalue weighted by atomic mass is 9.89. The zero-order valence-electron chi connectivity index (χ0n) is 15.2. The molecule has 0 bridgehead atoms. The molecule has 1 unspecified atom stereocenters. The predicted molar refractivity (Wildman–Crippen MR) is 101 cm³/mol. The summed E-state index contributed by atoms with van der Waals surface area (Å²) in [5.74, 6) is 1.10. The number of carbonyl (C=O) groups is 1. The Kier molecular flexibility index (Phi) is 4.67. The van der Waals surface area contributed by atoms with Gasteiger partial charge in [-0.05, 0) is 59.2 Å². The largest absolute Gasteiger partial charge is 0.507 e. The molecular weight excluding hydrogens is 312 g/mol. The zero-order valence-corrected chi connectivity index (χ0v) is 15.2. The third-order valence-electron chi connectivity index (χ3n) is 4.87. The van der Waals surface area contributed by atoms with E-state index in [0.29, 0.717) is 17.1 Å². The Morgan fingerprint density at radius 1 is 1.08 bits per heavy atom. The van der Waals surface area contributed by atoms with Gasteiger partial charge in [0, 0.05) is 5.56 Å². The van der Waals surface area contributed by atoms with Gasteiger partial charge in [-0.3, -0.25) is 0 Å². The second-order valence-corrected chi connectivity index (χ2v) is 6.96. The fourth-order valence-electron chi connectivity index (χ4n) is 3.17. The van der Waals surface area contributed by atoms with Crippen LogP contribution in [0.5, 0.6) is 5.75 Å². The van der Waals surface area contributed by atoms with E-state index in [1.165, 1.54) is 0 Å². The highest BCUT2D eigenvalue weighted by Gasteiger charge is 2.26. The lowest BCUT2D eigenvalue weighted by molar-refractivity contribution is 0.0717. The number of rotatable bonds is 4. The van der Waals surface area contributed by atoms with Crippen LogP contribution in [0.15, 0.2) is 36.4 Å². The number of cyclic esters (lactones) is 1. The van der Waals surface area contributed by atoms with E-state index in [1.54, 1.807) is 6.07 Å². The van der Waals surface area contributed by atoms with Gasteiger partial charge in [0.1, 0.15) is 11.5 Å². The van der Waals surface area contributed by atoms with Crippen molar-refractivity contribution >= 4 is 17.8 Å². The Morgan fingerprint density at radius 2 is 1.72 bits per heavy atom. The summed E-state index contributed by atoms with van der Waals surface area (Å²) < 4.78 is 5.45. The van der Waals surface area contributed by atoms with Crippen LogP contribution in [0.2, 0.25) is 0 Å². The quantitative estimate of drug-likeness (QED) is 0.729. The highest BCUT2D eigenvalue weighted by Crippen LogP contribution is 2.38. The molecule has 0 spiro atoms. The molecule has 0 fully saturated rings. The van der Waals surface area contributed by atoms with Crippen molar-refractivity contribution in [2.24, 2.45) is 0 Å². The molecular formula is C22H24O3. The fraction of sp³-hybridized carbons (Fsp3) is 0.318. The minimum absolute atomic E-state index is 0.208. The van der Waals surface area contributed by atoms with E-state index in [-0.39, 0.29) is 17.8 Å². The highest BCUT2D eigenvalue weighted by atomic mass is 16.5. The maximum atomic E-state index is 12.0. The van der Waals surface area contributed by atoms with Gasteiger partial charge in [-0.2, -0.15) is 0 Å². The second-order valence-electron chi connectivity index (χ2n) is 6.96. The molecule has 1 aliphatic rings. The molecule has 25 heavy (non-hydrogen) atoms. The lowest BCUT2D eigenvalue weighted by Crippen LogP contribution is -1.99. The molecule has 130 valence electrons. The SMILES string of the molecule is CCC(C)c1cc(C=C2OC(=O)c3ccccc32)cc(C(C)C)c1O. The van der Waals surface area contributed by atoms with Gasteiger partial charge in [0.25, 0.3) is 0 Å². The van der Waals surface area contributed by atoms with E-state index in [2.05, 4.69) is 27.7 Å². The normalized spacial score (nSPS) is 16.2. The van der Waals surface area contributed by atoms with Crippen LogP contribution >= 0.6 is 0 Å². The first-order valence-electron chi connectivity index (χ1n) is 8.82. The van der Waals surface area contributed by atoms with Crippen LogP contribution in [0.25, 0.3) is 11.8 Å². The number of benzene rings is 2. The van der Waals surface area contributed by atoms with Gasteiger partial charge in [-0.15, -0.1) is 0 Å². The number of ether oxygens (including phenoxy) is 1. The average Bonchev–Trinajstić information content (AvgIpc) is 2.91. The van der Waals surface area contributed by atoms with Crippen molar-refractivity contribution in [3.63, 3.8) is 0 Å². The van der Waals surface area contributed by atoms with E-state index in [0.717, 1.165) is 28.7 Å². The van der Waals surface area contributed by atoms with Crippen LogP contribution in [-0.2, 0) is 4.74 Å². The van der Waals surface area contributed by atoms with Crippen molar-refractivity contribution in [1.82, 2.24) is 0 Å². The lowest BCUT2D eigenvalue weighted by Gasteiger charge is -2.18. The Morgan fingerprint density at radius 3 is 2.36 bits per heavy atom. The summed E-state index contributed by atoms with van der Waals surface area (Å²) >= 11 is 0. The summed E-state index contributed by atoms with van der Waals surface area (Å²) in [6.07, 6.45) is 2.84. The van der Waals surface area contributed by atoms with Gasteiger partial charge >= 0.3 is 5.97 Å². The maximum absolute atomic E-state index is 12.0. The monoisotopic (exact) mass is 336 g/mol. The van der Waals surface area contributed by atoms with Crippen LogP contribution in [0.4, 0.5) is 0 Å². The molecule has 3 heteroatoms. The zero-order chi connectivity index (χ0) is 18.1. The van der Waals surface area contributed by atoms with Crippen molar-refractivity contribution < 1.29 is 14.6 Å². The van der Waals surface area contributed by atoms with Crippen LogP contribution in [0, 0.1) is 0 Å². The number of fused-ring (bicyclic) bond motifs is 1. The van der Waals surface area contributed by atoms with Gasteiger partial charge in [0.15, 0.2) is 0 Å². The number of phenolic OH excluding ortho intramolecular Hbond substituents is 1. The first kappa shape index (κ1) is 17.3. The molecule has 0 aliphatic carbocycles. The average molecular weight is 336 g/mol. The molecule has 3 nitrogen and oxygen atoms in total. The molecule has 2 aromatic carbocycles. The molecule has 1 N–H and O–H groups in total. The maximum Gasteiger partial charge on any atom is 0.344 e. The van der Waals surface area contributed by atoms with E-state index >= 15 is 0 Å². The minimum atomic E-state index is -0.313. The van der Waals surface area contributed by atoms with E-state index in [1.807, 2.05) is 36.4 Å². The van der Waals surface area contributed by atoms with Crippen LogP contribution < -0.4 is 0 Å². The number of esters is 1. The summed E-state index contributed by atoms with van der Waals surface area (Å²) in [6, 6.07) is 11.4. The summed E-state index contributed by atoms with van der Waals surface area (Å²) in [5, 5.41) is 10.6. The fourth-order valence-corrected chi connectivity index (χ4v) is 3.17. The van der Waals surface area contributed by atoms with Crippen LogP contribution in [-0.4, -0.2) is 11.1 Å². The molecule has 3 rings (SSSR count). The Balaban J connectivity index is 2.12. The van der Waals surface area contributed by atoms with Gasteiger partial charge in [-0.1, -0.05) is 45.9 Å². The Hall–Kier alpha value is -2.55. The number of phenols is 1. The molecule has 0 saturated heterocycles. The van der Waals surface area contributed by atoms with E-state index < -0.39 is 0 Å². The standard InChI is InChI=1S/C22H24O3/c1-5-14(4)19-11-15(10-18(13(2)3)21(19)23)12-20-16-8-6-7-9-17(16)22(24)25-20/h6-14,23H,5H2,1-4H3. The number of hydrogen-bond acceptors (Lipinski definition) is 3. The van der Waals surface area contributed by atoms with Gasteiger partial charge < -0.3 is 9.84 Å². The van der Waals surface area contributed by atoms with Crippen LogP contribution in [0.1, 0.15) is 78.6 Å². The molecule has 0 amide bonds. The summed E-state index contributed by atoms with van der Waals surface area (Å²) in [7, 11) is 0.